The van der Waals surface area contributed by atoms with Gasteiger partial charge in [-0.15, -0.1) is 0 Å². The van der Waals surface area contributed by atoms with Gasteiger partial charge in [0.2, 0.25) is 0 Å². The van der Waals surface area contributed by atoms with Crippen molar-refractivity contribution in [3.05, 3.63) is 267 Å². The van der Waals surface area contributed by atoms with Crippen molar-refractivity contribution >= 4 is 87.2 Å². The van der Waals surface area contributed by atoms with Crippen molar-refractivity contribution in [2.45, 2.75) is 0 Å². The van der Waals surface area contributed by atoms with Crippen LogP contribution in [0, 0.1) is 0 Å². The fourth-order valence-electron chi connectivity index (χ4n) is 12.3. The van der Waals surface area contributed by atoms with E-state index < -0.39 is 0 Å². The first-order valence-electron chi connectivity index (χ1n) is 25.9. The Morgan fingerprint density at radius 3 is 0.711 bits per heavy atom. The number of hydrogen-bond acceptors (Lipinski definition) is 2. The molecule has 16 aromatic rings. The molecule has 0 aliphatic rings. The highest BCUT2D eigenvalue weighted by atomic mass is 15.0. The van der Waals surface area contributed by atoms with Gasteiger partial charge in [0.25, 0.3) is 0 Å². The first-order chi connectivity index (χ1) is 37.7. The van der Waals surface area contributed by atoms with Gasteiger partial charge >= 0.3 is 0 Å². The summed E-state index contributed by atoms with van der Waals surface area (Å²) >= 11 is 0. The van der Waals surface area contributed by atoms with Crippen molar-refractivity contribution in [3.63, 3.8) is 0 Å². The first-order valence-corrected chi connectivity index (χ1v) is 25.9. The second-order valence-corrected chi connectivity index (χ2v) is 19.7. The van der Waals surface area contributed by atoms with E-state index in [9.17, 15) is 0 Å². The van der Waals surface area contributed by atoms with Crippen LogP contribution in [0.2, 0.25) is 0 Å². The highest BCUT2D eigenvalue weighted by molar-refractivity contribution is 6.13. The molecule has 0 atom stereocenters. The summed E-state index contributed by atoms with van der Waals surface area (Å²) < 4.78 is 9.59. The topological polar surface area (TPSA) is 45.5 Å². The third-order valence-electron chi connectivity index (χ3n) is 15.6. The van der Waals surface area contributed by atoms with Crippen molar-refractivity contribution < 1.29 is 0 Å². The number of aromatic nitrogens is 6. The Morgan fingerprint density at radius 2 is 0.434 bits per heavy atom. The molecule has 6 heterocycles. The first kappa shape index (κ1) is 42.2. The molecule has 0 spiro atoms. The van der Waals surface area contributed by atoms with Gasteiger partial charge in [-0.25, -0.2) is 9.97 Å². The van der Waals surface area contributed by atoms with Crippen LogP contribution in [0.25, 0.3) is 144 Å². The van der Waals surface area contributed by atoms with Gasteiger partial charge in [-0.3, -0.25) is 0 Å². The van der Waals surface area contributed by atoms with Gasteiger partial charge in [-0.05, 0) is 109 Å². The van der Waals surface area contributed by atoms with Crippen LogP contribution in [-0.2, 0) is 0 Å². The highest BCUT2D eigenvalue weighted by Crippen LogP contribution is 2.42. The van der Waals surface area contributed by atoms with Crippen LogP contribution in [-0.4, -0.2) is 28.2 Å². The van der Waals surface area contributed by atoms with E-state index in [1.165, 1.54) is 43.1 Å². The summed E-state index contributed by atoms with van der Waals surface area (Å²) in [4.78, 5) is 11.2. The van der Waals surface area contributed by atoms with Crippen molar-refractivity contribution in [2.75, 3.05) is 0 Å². The normalized spacial score (nSPS) is 11.9. The van der Waals surface area contributed by atoms with E-state index in [0.717, 1.165) is 101 Å². The smallest absolute Gasteiger partial charge is 0.0893 e. The van der Waals surface area contributed by atoms with Crippen LogP contribution >= 0.6 is 0 Å². The fraction of sp³-hybridized carbons (Fsp3) is 0. The molecule has 6 heteroatoms. The van der Waals surface area contributed by atoms with Crippen molar-refractivity contribution in [1.82, 2.24) is 28.2 Å². The summed E-state index contributed by atoms with van der Waals surface area (Å²) in [7, 11) is 0. The molecule has 0 aliphatic heterocycles. The number of fused-ring (bicyclic) bond motifs is 12. The summed E-state index contributed by atoms with van der Waals surface area (Å²) in [5.41, 5.74) is 18.7. The molecule has 0 amide bonds. The molecule has 0 fully saturated rings. The van der Waals surface area contributed by atoms with Gasteiger partial charge in [0.1, 0.15) is 0 Å². The summed E-state index contributed by atoms with van der Waals surface area (Å²) in [6, 6.07) is 96.1. The van der Waals surface area contributed by atoms with Crippen LogP contribution < -0.4 is 0 Å². The van der Waals surface area contributed by atoms with Gasteiger partial charge in [0.05, 0.1) is 78.3 Å². The quantitative estimate of drug-likeness (QED) is 0.160. The number of benzene rings is 10. The Balaban J connectivity index is 0.912. The molecular weight excluding hydrogens is 925 g/mol. The average molecular weight is 969 g/mol. The monoisotopic (exact) mass is 968 g/mol. The Morgan fingerprint density at radius 1 is 0.197 bits per heavy atom. The van der Waals surface area contributed by atoms with Crippen LogP contribution in [0.4, 0.5) is 0 Å². The van der Waals surface area contributed by atoms with Gasteiger partial charge in [-0.1, -0.05) is 158 Å². The Bertz CT molecular complexity index is 4490. The largest absolute Gasteiger partial charge is 0.309 e. The van der Waals surface area contributed by atoms with E-state index in [2.05, 4.69) is 285 Å². The lowest BCUT2D eigenvalue weighted by atomic mass is 10.0. The molecule has 0 saturated carbocycles. The molecule has 0 N–H and O–H groups in total. The molecule has 0 radical (unpaired) electrons. The molecule has 6 aromatic heterocycles. The van der Waals surface area contributed by atoms with E-state index in [4.69, 9.17) is 9.97 Å². The molecule has 0 aliphatic carbocycles. The molecular formula is C70H44N6. The van der Waals surface area contributed by atoms with Crippen LogP contribution in [0.1, 0.15) is 0 Å². The lowest BCUT2D eigenvalue weighted by molar-refractivity contribution is 1.13. The fourth-order valence-corrected chi connectivity index (χ4v) is 12.3. The summed E-state index contributed by atoms with van der Waals surface area (Å²) in [5.74, 6) is 0. The molecule has 76 heavy (non-hydrogen) atoms. The third kappa shape index (κ3) is 6.28. The summed E-state index contributed by atoms with van der Waals surface area (Å²) in [6.45, 7) is 0. The maximum Gasteiger partial charge on any atom is 0.0893 e. The molecule has 0 unspecified atom stereocenters. The second kappa shape index (κ2) is 16.6. The van der Waals surface area contributed by atoms with E-state index in [1.54, 1.807) is 0 Å². The van der Waals surface area contributed by atoms with Crippen molar-refractivity contribution in [3.8, 4) is 56.7 Å². The van der Waals surface area contributed by atoms with Crippen LogP contribution in [0.15, 0.2) is 267 Å². The zero-order chi connectivity index (χ0) is 49.8. The van der Waals surface area contributed by atoms with Crippen molar-refractivity contribution in [1.29, 1.82) is 0 Å². The molecule has 16 rings (SSSR count). The Labute approximate surface area is 436 Å². The minimum Gasteiger partial charge on any atom is -0.309 e. The average Bonchev–Trinajstić information content (AvgIpc) is 4.24. The number of nitrogens with zero attached hydrogens (tertiary/aromatic N) is 6. The van der Waals surface area contributed by atoms with Gasteiger partial charge < -0.3 is 18.3 Å². The van der Waals surface area contributed by atoms with Gasteiger partial charge in [0.15, 0.2) is 0 Å². The zero-order valence-electron chi connectivity index (χ0n) is 41.1. The second-order valence-electron chi connectivity index (χ2n) is 19.7. The molecule has 354 valence electrons. The lowest BCUT2D eigenvalue weighted by Crippen LogP contribution is -2.02. The van der Waals surface area contributed by atoms with E-state index in [1.807, 2.05) is 0 Å². The van der Waals surface area contributed by atoms with Gasteiger partial charge in [-0.2, -0.15) is 0 Å². The highest BCUT2D eigenvalue weighted by Gasteiger charge is 2.22. The minimum atomic E-state index is 0.784. The lowest BCUT2D eigenvalue weighted by Gasteiger charge is -2.18. The number of hydrogen-bond donors (Lipinski definition) is 0. The Kier molecular flexibility index (Phi) is 9.23. The van der Waals surface area contributed by atoms with Gasteiger partial charge in [0, 0.05) is 65.6 Å². The number of para-hydroxylation sites is 8. The maximum atomic E-state index is 5.61. The number of rotatable bonds is 7. The molecule has 10 aromatic carbocycles. The molecule has 0 bridgehead atoms. The van der Waals surface area contributed by atoms with Crippen LogP contribution in [0.3, 0.4) is 0 Å². The maximum absolute atomic E-state index is 5.61. The summed E-state index contributed by atoms with van der Waals surface area (Å²) in [5, 5.41) is 9.72. The van der Waals surface area contributed by atoms with E-state index >= 15 is 0 Å². The number of pyridine rings is 2. The minimum absolute atomic E-state index is 0.784. The predicted molar refractivity (Wildman–Crippen MR) is 316 cm³/mol. The third-order valence-corrected chi connectivity index (χ3v) is 15.6. The predicted octanol–water partition coefficient (Wildman–Crippen LogP) is 17.9. The molecule has 0 saturated heterocycles. The standard InChI is InChI=1S/C70H44N6/c1-9-31-61-47(19-1)48-20-2-10-32-62(48)73(61)45-39-41-69(75-65-35-13-5-23-51(65)52-24-6-14-36-66(52)75)55(43-45)57-27-17-29-59(71-57)60-30-18-28-58(72-60)56-44-46(74-63-33-11-3-21-49(63)50-22-4-12-34-64(50)74)40-42-70(56)76-67-37-15-7-25-53(67)54-26-8-16-38-68(54)76/h1-44H. The van der Waals surface area contributed by atoms with E-state index in [0.29, 0.717) is 0 Å². The van der Waals surface area contributed by atoms with Crippen molar-refractivity contribution in [2.24, 2.45) is 0 Å². The Hall–Kier alpha value is -10.3. The zero-order valence-corrected chi connectivity index (χ0v) is 41.1. The molecule has 6 nitrogen and oxygen atoms in total. The van der Waals surface area contributed by atoms with Crippen LogP contribution in [0.5, 0.6) is 0 Å². The summed E-state index contributed by atoms with van der Waals surface area (Å²) in [6.07, 6.45) is 0. The van der Waals surface area contributed by atoms with E-state index in [-0.39, 0.29) is 0 Å². The SMILES string of the molecule is c1cc(-c2cccc(-c3cc(-n4c5ccccc5c5ccccc54)ccc3-n3c4ccccc4c4ccccc43)n2)nc(-c2cc(-n3c4ccccc4c4ccccc43)ccc2-n2c3ccccc3c3ccccc32)c1.